The molecule has 0 aromatic carbocycles. The number of hydrogen-bond acceptors (Lipinski definition) is 1. The van der Waals surface area contributed by atoms with Crippen LogP contribution in [0.5, 0.6) is 0 Å². The number of rotatable bonds is 3. The Hall–Kier alpha value is -0.0400. The monoisotopic (exact) mass is 219 g/mol. The van der Waals surface area contributed by atoms with Crippen molar-refractivity contribution in [2.75, 3.05) is 0 Å². The van der Waals surface area contributed by atoms with Gasteiger partial charge in [0.1, 0.15) is 6.10 Å². The van der Waals surface area contributed by atoms with E-state index in [1.165, 1.54) is 19.3 Å². The zero-order valence-corrected chi connectivity index (χ0v) is 10.6. The molecule has 0 aromatic rings. The summed E-state index contributed by atoms with van der Waals surface area (Å²) < 4.78 is 6.14. The molecule has 5 radical (unpaired) electrons. The minimum atomic E-state index is 0.422. The van der Waals surface area contributed by atoms with Gasteiger partial charge in [0.15, 0.2) is 0 Å². The highest BCUT2D eigenvalue weighted by Gasteiger charge is 2.34. The van der Waals surface area contributed by atoms with Crippen LogP contribution < -0.4 is 0 Å². The zero-order valence-electron chi connectivity index (χ0n) is 10.6. The number of ether oxygens (including phenoxy) is 1. The van der Waals surface area contributed by atoms with Gasteiger partial charge in [-0.1, -0.05) is 27.2 Å². The van der Waals surface area contributed by atoms with E-state index in [4.69, 9.17) is 4.74 Å². The van der Waals surface area contributed by atoms with Gasteiger partial charge < -0.3 is 4.74 Å². The first kappa shape index (κ1) is 12.4. The summed E-state index contributed by atoms with van der Waals surface area (Å²) in [6, 6.07) is 0. The summed E-state index contributed by atoms with van der Waals surface area (Å²) in [6.45, 7) is 6.99. The maximum absolute atomic E-state index is 6.14. The summed E-state index contributed by atoms with van der Waals surface area (Å²) in [4.78, 5) is 0. The second kappa shape index (κ2) is 5.53. The third-order valence-electron chi connectivity index (χ3n) is 3.88. The van der Waals surface area contributed by atoms with Gasteiger partial charge in [0.25, 0.3) is 0 Å². The fourth-order valence-corrected chi connectivity index (χ4v) is 2.86. The Kier molecular flexibility index (Phi) is 4.29. The van der Waals surface area contributed by atoms with Gasteiger partial charge in [0, 0.05) is 12.8 Å². The molecule has 2 saturated carbocycles. The van der Waals surface area contributed by atoms with Crippen LogP contribution in [0, 0.1) is 49.5 Å². The van der Waals surface area contributed by atoms with Gasteiger partial charge in [-0.05, 0) is 43.4 Å². The Morgan fingerprint density at radius 2 is 1.88 bits per heavy atom. The molecule has 0 saturated heterocycles. The molecule has 0 unspecified atom stereocenters. The van der Waals surface area contributed by atoms with E-state index >= 15 is 0 Å². The summed E-state index contributed by atoms with van der Waals surface area (Å²) >= 11 is 0. The van der Waals surface area contributed by atoms with E-state index in [2.05, 4.69) is 33.6 Å². The molecule has 89 valence electrons. The number of hydrogen-bond donors (Lipinski definition) is 0. The lowest BCUT2D eigenvalue weighted by Crippen LogP contribution is -2.35. The van der Waals surface area contributed by atoms with Gasteiger partial charge in [-0.25, -0.2) is 0 Å². The molecular formula is C15H23O. The van der Waals surface area contributed by atoms with Crippen LogP contribution in [-0.2, 0) is 4.74 Å². The van der Waals surface area contributed by atoms with Crippen LogP contribution in [0.15, 0.2) is 0 Å². The van der Waals surface area contributed by atoms with Crippen molar-refractivity contribution in [2.24, 2.45) is 17.8 Å². The first-order valence-electron chi connectivity index (χ1n) is 6.55. The molecule has 2 aliphatic carbocycles. The first-order chi connectivity index (χ1) is 7.66. The molecule has 16 heavy (non-hydrogen) atoms. The van der Waals surface area contributed by atoms with Crippen LogP contribution >= 0.6 is 0 Å². The topological polar surface area (TPSA) is 9.23 Å². The van der Waals surface area contributed by atoms with E-state index in [1.807, 2.05) is 12.8 Å². The molecule has 0 bridgehead atoms. The van der Waals surface area contributed by atoms with Gasteiger partial charge in [0.05, 0.1) is 6.10 Å². The first-order valence-corrected chi connectivity index (χ1v) is 6.55. The van der Waals surface area contributed by atoms with Crippen molar-refractivity contribution in [3.63, 3.8) is 0 Å². The van der Waals surface area contributed by atoms with Crippen LogP contribution in [0.2, 0.25) is 0 Å². The second-order valence-corrected chi connectivity index (χ2v) is 5.60. The van der Waals surface area contributed by atoms with Crippen molar-refractivity contribution in [2.45, 2.75) is 46.1 Å². The lowest BCUT2D eigenvalue weighted by Gasteiger charge is -2.38. The molecule has 1 heteroatoms. The van der Waals surface area contributed by atoms with Gasteiger partial charge in [-0.15, -0.1) is 0 Å². The maximum Gasteiger partial charge on any atom is 0.105 e. The van der Waals surface area contributed by atoms with Crippen LogP contribution in [0.25, 0.3) is 0 Å². The van der Waals surface area contributed by atoms with Gasteiger partial charge in [0.2, 0.25) is 0 Å². The molecule has 3 atom stereocenters. The summed E-state index contributed by atoms with van der Waals surface area (Å²) in [6.07, 6.45) is 13.6. The smallest absolute Gasteiger partial charge is 0.105 e. The Balaban J connectivity index is 1.91. The molecule has 0 aliphatic heterocycles. The Bertz CT molecular complexity index is 205. The largest absolute Gasteiger partial charge is 0.368 e. The molecule has 0 amide bonds. The predicted molar refractivity (Wildman–Crippen MR) is 66.7 cm³/mol. The highest BCUT2D eigenvalue weighted by molar-refractivity contribution is 5.31. The van der Waals surface area contributed by atoms with Crippen LogP contribution in [-0.4, -0.2) is 6.10 Å². The molecule has 2 fully saturated rings. The van der Waals surface area contributed by atoms with Crippen molar-refractivity contribution in [3.05, 3.63) is 31.8 Å². The van der Waals surface area contributed by atoms with E-state index in [9.17, 15) is 0 Å². The molecule has 2 aliphatic rings. The third kappa shape index (κ3) is 3.00. The van der Waals surface area contributed by atoms with Crippen LogP contribution in [0.3, 0.4) is 0 Å². The predicted octanol–water partition coefficient (Wildman–Crippen LogP) is 3.83. The van der Waals surface area contributed by atoms with E-state index in [0.717, 1.165) is 23.9 Å². The normalized spacial score (nSPS) is 37.1. The average Bonchev–Trinajstić information content (AvgIpc) is 2.70. The van der Waals surface area contributed by atoms with Gasteiger partial charge in [-0.3, -0.25) is 0 Å². The fraction of sp³-hybridized carbons (Fsp3) is 0.667. The lowest BCUT2D eigenvalue weighted by molar-refractivity contribution is -0.0186. The zero-order chi connectivity index (χ0) is 11.5. The SMILES string of the molecule is CC(C)[C@H]1CC[C@@H](C)C[C@@H]1O[C]1[CH][CH][CH][CH]1. The van der Waals surface area contributed by atoms with Gasteiger partial charge in [-0.2, -0.15) is 0 Å². The quantitative estimate of drug-likeness (QED) is 0.701. The van der Waals surface area contributed by atoms with Gasteiger partial charge >= 0.3 is 0 Å². The van der Waals surface area contributed by atoms with Crippen molar-refractivity contribution in [1.82, 2.24) is 0 Å². The van der Waals surface area contributed by atoms with Crippen LogP contribution in [0.1, 0.15) is 40.0 Å². The molecular weight excluding hydrogens is 196 g/mol. The van der Waals surface area contributed by atoms with Crippen molar-refractivity contribution < 1.29 is 4.74 Å². The summed E-state index contributed by atoms with van der Waals surface area (Å²) in [7, 11) is 0. The highest BCUT2D eigenvalue weighted by Crippen LogP contribution is 2.38. The standard InChI is InChI=1S/C15H23O/c1-11(2)14-9-8-12(3)10-15(14)16-13-6-4-5-7-13/h4-7,11-12,14-15H,8-10H2,1-3H3/t12-,14-,15+/m1/s1. The van der Waals surface area contributed by atoms with E-state index in [1.54, 1.807) is 0 Å². The minimum absolute atomic E-state index is 0.422. The minimum Gasteiger partial charge on any atom is -0.368 e. The highest BCUT2D eigenvalue weighted by atomic mass is 16.5. The summed E-state index contributed by atoms with van der Waals surface area (Å²) in [5.74, 6) is 2.27. The summed E-state index contributed by atoms with van der Waals surface area (Å²) in [5.41, 5.74) is 0. The molecule has 0 N–H and O–H groups in total. The average molecular weight is 219 g/mol. The molecule has 0 heterocycles. The van der Waals surface area contributed by atoms with E-state index in [0.29, 0.717) is 6.10 Å². The molecule has 0 aromatic heterocycles. The van der Waals surface area contributed by atoms with Crippen molar-refractivity contribution >= 4 is 0 Å². The molecule has 1 nitrogen and oxygen atoms in total. The molecule has 0 spiro atoms. The van der Waals surface area contributed by atoms with Crippen molar-refractivity contribution in [1.29, 1.82) is 0 Å². The third-order valence-corrected chi connectivity index (χ3v) is 3.88. The fourth-order valence-electron chi connectivity index (χ4n) is 2.86. The Labute approximate surface area is 101 Å². The van der Waals surface area contributed by atoms with Crippen molar-refractivity contribution in [3.8, 4) is 0 Å². The lowest BCUT2D eigenvalue weighted by atomic mass is 9.75. The van der Waals surface area contributed by atoms with Crippen LogP contribution in [0.4, 0.5) is 0 Å². The second-order valence-electron chi connectivity index (χ2n) is 5.60. The summed E-state index contributed by atoms with van der Waals surface area (Å²) in [5, 5.41) is 0. The Morgan fingerprint density at radius 3 is 2.50 bits per heavy atom. The van der Waals surface area contributed by atoms with E-state index in [-0.39, 0.29) is 0 Å². The maximum atomic E-state index is 6.14. The molecule has 2 rings (SSSR count). The van der Waals surface area contributed by atoms with E-state index < -0.39 is 0 Å². The Morgan fingerprint density at radius 1 is 1.19 bits per heavy atom.